The van der Waals surface area contributed by atoms with Crippen LogP contribution < -0.4 is 0 Å². The predicted octanol–water partition coefficient (Wildman–Crippen LogP) is 0.579. The fourth-order valence-electron chi connectivity index (χ4n) is 0.867. The maximum Gasteiger partial charge on any atom is 0.357 e. The molecule has 0 saturated carbocycles. The Morgan fingerprint density at radius 2 is 1.92 bits per heavy atom. The standard InChI is InChI=1S/C6H5BrN2O4/c1-9-4(6(12)13)2(7)3(8-9)5(10)11/h1H3,(H,10,11)(H,12,13). The second kappa shape index (κ2) is 3.17. The Labute approximate surface area is 80.9 Å². The summed E-state index contributed by atoms with van der Waals surface area (Å²) in [6.07, 6.45) is 0. The lowest BCUT2D eigenvalue weighted by molar-refractivity contribution is 0.0677. The third-order valence-corrected chi connectivity index (χ3v) is 2.15. The van der Waals surface area contributed by atoms with Crippen LogP contribution in [0.15, 0.2) is 4.47 Å². The normalized spacial score (nSPS) is 10.0. The Balaban J connectivity index is 3.39. The second-order valence-corrected chi connectivity index (χ2v) is 3.04. The van der Waals surface area contributed by atoms with Crippen molar-refractivity contribution in [1.29, 1.82) is 0 Å². The van der Waals surface area contributed by atoms with Crippen molar-refractivity contribution in [2.45, 2.75) is 0 Å². The zero-order chi connectivity index (χ0) is 10.2. The number of aromatic nitrogens is 2. The highest BCUT2D eigenvalue weighted by molar-refractivity contribution is 9.10. The molecule has 0 bridgehead atoms. The number of rotatable bonds is 2. The van der Waals surface area contributed by atoms with Crippen LogP contribution in [0, 0.1) is 0 Å². The summed E-state index contributed by atoms with van der Waals surface area (Å²) in [5.41, 5.74) is -0.489. The van der Waals surface area contributed by atoms with Crippen molar-refractivity contribution in [2.24, 2.45) is 7.05 Å². The van der Waals surface area contributed by atoms with E-state index in [1.54, 1.807) is 0 Å². The lowest BCUT2D eigenvalue weighted by Gasteiger charge is -1.93. The van der Waals surface area contributed by atoms with Gasteiger partial charge in [0.25, 0.3) is 0 Å². The van der Waals surface area contributed by atoms with Crippen LogP contribution in [0.25, 0.3) is 0 Å². The summed E-state index contributed by atoms with van der Waals surface area (Å²) in [4.78, 5) is 21.1. The van der Waals surface area contributed by atoms with Gasteiger partial charge in [0.1, 0.15) is 0 Å². The largest absolute Gasteiger partial charge is 0.476 e. The minimum Gasteiger partial charge on any atom is -0.476 e. The molecule has 0 aliphatic rings. The highest BCUT2D eigenvalue weighted by Gasteiger charge is 2.23. The minimum atomic E-state index is -1.27. The molecular formula is C6H5BrN2O4. The number of hydrogen-bond donors (Lipinski definition) is 2. The summed E-state index contributed by atoms with van der Waals surface area (Å²) in [7, 11) is 1.36. The molecule has 0 aliphatic carbocycles. The van der Waals surface area contributed by atoms with Gasteiger partial charge in [0.05, 0.1) is 4.47 Å². The molecule has 6 nitrogen and oxygen atoms in total. The van der Waals surface area contributed by atoms with Gasteiger partial charge in [-0.15, -0.1) is 0 Å². The second-order valence-electron chi connectivity index (χ2n) is 2.25. The molecule has 0 atom stereocenters. The van der Waals surface area contributed by atoms with Gasteiger partial charge in [-0.1, -0.05) is 0 Å². The summed E-state index contributed by atoms with van der Waals surface area (Å²) in [6.45, 7) is 0. The van der Waals surface area contributed by atoms with Gasteiger partial charge in [-0.25, -0.2) is 9.59 Å². The summed E-state index contributed by atoms with van der Waals surface area (Å²) in [6, 6.07) is 0. The van der Waals surface area contributed by atoms with Crippen molar-refractivity contribution >= 4 is 27.9 Å². The number of carboxylic acid groups (broad SMARTS) is 2. The SMILES string of the molecule is Cn1nc(C(=O)O)c(Br)c1C(=O)O. The quantitative estimate of drug-likeness (QED) is 0.799. The highest BCUT2D eigenvalue weighted by Crippen LogP contribution is 2.20. The van der Waals surface area contributed by atoms with E-state index in [-0.39, 0.29) is 15.9 Å². The maximum atomic E-state index is 10.6. The lowest BCUT2D eigenvalue weighted by atomic mass is 10.3. The molecule has 0 unspecified atom stereocenters. The van der Waals surface area contributed by atoms with Gasteiger partial charge in [0, 0.05) is 7.05 Å². The van der Waals surface area contributed by atoms with Crippen molar-refractivity contribution in [3.05, 3.63) is 15.9 Å². The molecule has 0 radical (unpaired) electrons. The highest BCUT2D eigenvalue weighted by atomic mass is 79.9. The zero-order valence-electron chi connectivity index (χ0n) is 6.48. The van der Waals surface area contributed by atoms with Gasteiger partial charge in [-0.05, 0) is 15.9 Å². The lowest BCUT2D eigenvalue weighted by Crippen LogP contribution is -2.05. The fraction of sp³-hybridized carbons (Fsp3) is 0.167. The molecule has 0 aromatic carbocycles. The molecule has 0 amide bonds. The minimum absolute atomic E-state index is 0.0185. The smallest absolute Gasteiger partial charge is 0.357 e. The first-order valence-electron chi connectivity index (χ1n) is 3.14. The number of carbonyl (C=O) groups is 2. The molecule has 2 N–H and O–H groups in total. The van der Waals surface area contributed by atoms with Crippen molar-refractivity contribution in [3.8, 4) is 0 Å². The fourth-order valence-corrected chi connectivity index (χ4v) is 1.54. The first kappa shape index (κ1) is 9.72. The van der Waals surface area contributed by atoms with Crippen LogP contribution in [-0.2, 0) is 7.05 Å². The van der Waals surface area contributed by atoms with E-state index in [9.17, 15) is 9.59 Å². The molecule has 0 fully saturated rings. The van der Waals surface area contributed by atoms with Crippen molar-refractivity contribution < 1.29 is 19.8 Å². The summed E-state index contributed by atoms with van der Waals surface area (Å²) < 4.78 is 0.977. The van der Waals surface area contributed by atoms with E-state index in [1.807, 2.05) is 0 Å². The molecular weight excluding hydrogens is 244 g/mol. The van der Waals surface area contributed by atoms with E-state index in [4.69, 9.17) is 10.2 Å². The molecule has 13 heavy (non-hydrogen) atoms. The molecule has 7 heteroatoms. The summed E-state index contributed by atoms with van der Waals surface area (Å²) in [5.74, 6) is -2.50. The van der Waals surface area contributed by atoms with Gasteiger partial charge < -0.3 is 10.2 Å². The summed E-state index contributed by atoms with van der Waals surface area (Å²) in [5, 5.41) is 20.8. The van der Waals surface area contributed by atoms with Crippen LogP contribution in [0.1, 0.15) is 21.0 Å². The van der Waals surface area contributed by atoms with Gasteiger partial charge in [-0.3, -0.25) is 4.68 Å². The number of carboxylic acids is 2. The molecule has 70 valence electrons. The molecule has 1 heterocycles. The Morgan fingerprint density at radius 1 is 1.38 bits per heavy atom. The van der Waals surface area contributed by atoms with Crippen molar-refractivity contribution in [1.82, 2.24) is 9.78 Å². The molecule has 0 aliphatic heterocycles. The van der Waals surface area contributed by atoms with Crippen molar-refractivity contribution in [3.63, 3.8) is 0 Å². The van der Waals surface area contributed by atoms with Gasteiger partial charge in [0.2, 0.25) is 0 Å². The Bertz CT molecular complexity index is 384. The molecule has 1 aromatic heterocycles. The first-order valence-corrected chi connectivity index (χ1v) is 3.93. The van der Waals surface area contributed by atoms with E-state index in [1.165, 1.54) is 7.05 Å². The van der Waals surface area contributed by atoms with E-state index < -0.39 is 11.9 Å². The Morgan fingerprint density at radius 3 is 2.15 bits per heavy atom. The van der Waals surface area contributed by atoms with Crippen LogP contribution >= 0.6 is 15.9 Å². The maximum absolute atomic E-state index is 10.6. The van der Waals surface area contributed by atoms with Crippen LogP contribution in [0.2, 0.25) is 0 Å². The molecule has 0 saturated heterocycles. The Hall–Kier alpha value is -1.37. The monoisotopic (exact) mass is 248 g/mol. The average molecular weight is 249 g/mol. The van der Waals surface area contributed by atoms with Crippen LogP contribution in [-0.4, -0.2) is 31.9 Å². The number of hydrogen-bond acceptors (Lipinski definition) is 3. The number of halogens is 1. The number of aromatic carboxylic acids is 2. The third-order valence-electron chi connectivity index (χ3n) is 1.39. The first-order chi connectivity index (χ1) is 5.95. The van der Waals surface area contributed by atoms with Crippen LogP contribution in [0.3, 0.4) is 0 Å². The molecule has 1 aromatic rings. The van der Waals surface area contributed by atoms with Crippen LogP contribution in [0.4, 0.5) is 0 Å². The molecule has 0 spiro atoms. The van der Waals surface area contributed by atoms with Gasteiger partial charge >= 0.3 is 11.9 Å². The van der Waals surface area contributed by atoms with Gasteiger partial charge in [0.15, 0.2) is 11.4 Å². The van der Waals surface area contributed by atoms with E-state index in [2.05, 4.69) is 21.0 Å². The number of nitrogens with zero attached hydrogens (tertiary/aromatic N) is 2. The van der Waals surface area contributed by atoms with Crippen molar-refractivity contribution in [2.75, 3.05) is 0 Å². The average Bonchev–Trinajstić information content (AvgIpc) is 2.26. The van der Waals surface area contributed by atoms with E-state index in [0.29, 0.717) is 0 Å². The summed E-state index contributed by atoms with van der Waals surface area (Å²) >= 11 is 2.86. The third kappa shape index (κ3) is 1.55. The zero-order valence-corrected chi connectivity index (χ0v) is 8.07. The van der Waals surface area contributed by atoms with Crippen LogP contribution in [0.5, 0.6) is 0 Å². The van der Waals surface area contributed by atoms with E-state index in [0.717, 1.165) is 4.68 Å². The van der Waals surface area contributed by atoms with Gasteiger partial charge in [-0.2, -0.15) is 5.10 Å². The molecule has 1 rings (SSSR count). The van der Waals surface area contributed by atoms with E-state index >= 15 is 0 Å². The number of aryl methyl sites for hydroxylation is 1. The predicted molar refractivity (Wildman–Crippen MR) is 44.8 cm³/mol. The Kier molecular flexibility index (Phi) is 2.37. The topological polar surface area (TPSA) is 92.4 Å².